The maximum atomic E-state index is 11.3. The highest BCUT2D eigenvalue weighted by Crippen LogP contribution is 2.21. The summed E-state index contributed by atoms with van der Waals surface area (Å²) < 4.78 is 4.90. The van der Waals surface area contributed by atoms with Crippen LogP contribution in [0.3, 0.4) is 0 Å². The standard InChI is InChI=1S/C12H20N2O2S/c1-4-7-14(5-2)12-13-10(9-17-12)8-11(15)16-6-3/h9H,4-8H2,1-3H3. The van der Waals surface area contributed by atoms with Crippen LogP contribution in [0.2, 0.25) is 0 Å². The van der Waals surface area contributed by atoms with Gasteiger partial charge in [-0.05, 0) is 20.3 Å². The van der Waals surface area contributed by atoms with Crippen molar-refractivity contribution in [1.82, 2.24) is 4.98 Å². The topological polar surface area (TPSA) is 42.4 Å². The third-order valence-electron chi connectivity index (χ3n) is 2.32. The van der Waals surface area contributed by atoms with Crippen LogP contribution in [0.5, 0.6) is 0 Å². The van der Waals surface area contributed by atoms with Crippen LogP contribution in [-0.4, -0.2) is 30.6 Å². The van der Waals surface area contributed by atoms with Crippen molar-refractivity contribution in [3.8, 4) is 0 Å². The molecule has 1 heterocycles. The molecule has 0 radical (unpaired) electrons. The highest BCUT2D eigenvalue weighted by atomic mass is 32.1. The maximum absolute atomic E-state index is 11.3. The monoisotopic (exact) mass is 256 g/mol. The zero-order chi connectivity index (χ0) is 12.7. The number of carbonyl (C=O) groups is 1. The van der Waals surface area contributed by atoms with Crippen molar-refractivity contribution in [2.75, 3.05) is 24.6 Å². The van der Waals surface area contributed by atoms with Gasteiger partial charge in [0, 0.05) is 18.5 Å². The summed E-state index contributed by atoms with van der Waals surface area (Å²) in [6.07, 6.45) is 1.37. The number of rotatable bonds is 7. The van der Waals surface area contributed by atoms with Gasteiger partial charge < -0.3 is 9.64 Å². The zero-order valence-corrected chi connectivity index (χ0v) is 11.5. The van der Waals surface area contributed by atoms with Crippen LogP contribution >= 0.6 is 11.3 Å². The predicted octanol–water partition coefficient (Wildman–Crippen LogP) is 2.49. The molecule has 0 aliphatic heterocycles. The van der Waals surface area contributed by atoms with E-state index in [4.69, 9.17) is 4.74 Å². The van der Waals surface area contributed by atoms with Crippen molar-refractivity contribution in [2.45, 2.75) is 33.6 Å². The van der Waals surface area contributed by atoms with Crippen molar-refractivity contribution < 1.29 is 9.53 Å². The molecule has 0 atom stereocenters. The third-order valence-corrected chi connectivity index (χ3v) is 3.27. The van der Waals surface area contributed by atoms with Gasteiger partial charge in [-0.3, -0.25) is 4.79 Å². The van der Waals surface area contributed by atoms with Crippen molar-refractivity contribution in [3.63, 3.8) is 0 Å². The second kappa shape index (κ2) is 7.27. The van der Waals surface area contributed by atoms with Crippen LogP contribution in [0.15, 0.2) is 5.38 Å². The molecule has 0 saturated heterocycles. The minimum atomic E-state index is -0.206. The van der Waals surface area contributed by atoms with Gasteiger partial charge in [0.2, 0.25) is 0 Å². The van der Waals surface area contributed by atoms with E-state index in [2.05, 4.69) is 23.7 Å². The molecule has 0 fully saturated rings. The molecular weight excluding hydrogens is 236 g/mol. The summed E-state index contributed by atoms with van der Waals surface area (Å²) >= 11 is 1.59. The normalized spacial score (nSPS) is 10.3. The van der Waals surface area contributed by atoms with Crippen LogP contribution < -0.4 is 4.90 Å². The Bertz CT molecular complexity index is 352. The van der Waals surface area contributed by atoms with Crippen LogP contribution in [0.25, 0.3) is 0 Å². The summed E-state index contributed by atoms with van der Waals surface area (Å²) in [5, 5.41) is 2.93. The summed E-state index contributed by atoms with van der Waals surface area (Å²) in [5.74, 6) is -0.206. The van der Waals surface area contributed by atoms with Crippen molar-refractivity contribution in [3.05, 3.63) is 11.1 Å². The fourth-order valence-electron chi connectivity index (χ4n) is 1.54. The van der Waals surface area contributed by atoms with E-state index in [-0.39, 0.29) is 12.4 Å². The molecule has 1 aromatic heterocycles. The molecule has 4 nitrogen and oxygen atoms in total. The molecule has 0 N–H and O–H groups in total. The lowest BCUT2D eigenvalue weighted by atomic mass is 10.3. The average Bonchev–Trinajstić information content (AvgIpc) is 2.74. The molecule has 0 saturated carbocycles. The van der Waals surface area contributed by atoms with Crippen molar-refractivity contribution >= 4 is 22.4 Å². The van der Waals surface area contributed by atoms with Crippen molar-refractivity contribution in [2.24, 2.45) is 0 Å². The number of hydrogen-bond acceptors (Lipinski definition) is 5. The molecular formula is C12H20N2O2S. The Morgan fingerprint density at radius 2 is 2.24 bits per heavy atom. The quantitative estimate of drug-likeness (QED) is 0.703. The molecule has 1 aromatic rings. The van der Waals surface area contributed by atoms with E-state index in [0.717, 1.165) is 30.3 Å². The second-order valence-electron chi connectivity index (χ2n) is 3.68. The van der Waals surface area contributed by atoms with Gasteiger partial charge in [0.05, 0.1) is 18.7 Å². The molecule has 0 unspecified atom stereocenters. The molecule has 17 heavy (non-hydrogen) atoms. The fraction of sp³-hybridized carbons (Fsp3) is 0.667. The van der Waals surface area contributed by atoms with E-state index in [1.54, 1.807) is 11.3 Å². The number of esters is 1. The molecule has 5 heteroatoms. The Hall–Kier alpha value is -1.10. The SMILES string of the molecule is CCCN(CC)c1nc(CC(=O)OCC)cs1. The van der Waals surface area contributed by atoms with Crippen LogP contribution in [0, 0.1) is 0 Å². The van der Waals surface area contributed by atoms with E-state index in [1.165, 1.54) is 0 Å². The van der Waals surface area contributed by atoms with Crippen LogP contribution in [0.1, 0.15) is 32.9 Å². The molecule has 96 valence electrons. The van der Waals surface area contributed by atoms with E-state index in [1.807, 2.05) is 12.3 Å². The Morgan fingerprint density at radius 3 is 2.82 bits per heavy atom. The minimum Gasteiger partial charge on any atom is -0.466 e. The summed E-state index contributed by atoms with van der Waals surface area (Å²) in [5.41, 5.74) is 0.804. The highest BCUT2D eigenvalue weighted by Gasteiger charge is 2.11. The van der Waals surface area contributed by atoms with Gasteiger partial charge in [0.25, 0.3) is 0 Å². The second-order valence-corrected chi connectivity index (χ2v) is 4.52. The highest BCUT2D eigenvalue weighted by molar-refractivity contribution is 7.13. The summed E-state index contributed by atoms with van der Waals surface area (Å²) in [6.45, 7) is 8.44. The number of nitrogens with zero attached hydrogens (tertiary/aromatic N) is 2. The summed E-state index contributed by atoms with van der Waals surface area (Å²) in [6, 6.07) is 0. The van der Waals surface area contributed by atoms with Gasteiger partial charge in [0.1, 0.15) is 0 Å². The molecule has 0 aromatic carbocycles. The molecule has 0 aliphatic rings. The van der Waals surface area contributed by atoms with Gasteiger partial charge in [-0.15, -0.1) is 11.3 Å². The zero-order valence-electron chi connectivity index (χ0n) is 10.7. The van der Waals surface area contributed by atoms with Gasteiger partial charge in [-0.2, -0.15) is 0 Å². The maximum Gasteiger partial charge on any atom is 0.311 e. The predicted molar refractivity (Wildman–Crippen MR) is 70.6 cm³/mol. The van der Waals surface area contributed by atoms with Crippen LogP contribution in [0.4, 0.5) is 5.13 Å². The molecule has 0 spiro atoms. The van der Waals surface area contributed by atoms with Gasteiger partial charge in [0.15, 0.2) is 5.13 Å². The van der Waals surface area contributed by atoms with Gasteiger partial charge in [-0.25, -0.2) is 4.98 Å². The largest absolute Gasteiger partial charge is 0.466 e. The summed E-state index contributed by atoms with van der Waals surface area (Å²) in [4.78, 5) is 18.0. The van der Waals surface area contributed by atoms with E-state index < -0.39 is 0 Å². The number of anilines is 1. The first-order valence-corrected chi connectivity index (χ1v) is 6.94. The first kappa shape index (κ1) is 14.0. The van der Waals surface area contributed by atoms with E-state index >= 15 is 0 Å². The first-order chi connectivity index (χ1) is 8.21. The number of carbonyl (C=O) groups excluding carboxylic acids is 1. The Balaban J connectivity index is 2.60. The third kappa shape index (κ3) is 4.34. The molecule has 0 amide bonds. The van der Waals surface area contributed by atoms with Crippen LogP contribution in [-0.2, 0) is 16.0 Å². The van der Waals surface area contributed by atoms with E-state index in [0.29, 0.717) is 6.61 Å². The number of thiazole rings is 1. The first-order valence-electron chi connectivity index (χ1n) is 6.06. The minimum absolute atomic E-state index is 0.206. The Morgan fingerprint density at radius 1 is 1.47 bits per heavy atom. The van der Waals surface area contributed by atoms with Crippen molar-refractivity contribution in [1.29, 1.82) is 0 Å². The number of hydrogen-bond donors (Lipinski definition) is 0. The van der Waals surface area contributed by atoms with Gasteiger partial charge >= 0.3 is 5.97 Å². The van der Waals surface area contributed by atoms with Gasteiger partial charge in [-0.1, -0.05) is 6.92 Å². The lowest BCUT2D eigenvalue weighted by Crippen LogP contribution is -2.23. The average molecular weight is 256 g/mol. The molecule has 0 aliphatic carbocycles. The van der Waals surface area contributed by atoms with E-state index in [9.17, 15) is 4.79 Å². The fourth-order valence-corrected chi connectivity index (χ4v) is 2.46. The number of aromatic nitrogens is 1. The lowest BCUT2D eigenvalue weighted by Gasteiger charge is -2.18. The lowest BCUT2D eigenvalue weighted by molar-refractivity contribution is -0.142. The summed E-state index contributed by atoms with van der Waals surface area (Å²) in [7, 11) is 0. The molecule has 0 bridgehead atoms. The Kier molecular flexibility index (Phi) is 5.97. The molecule has 1 rings (SSSR count). The number of ether oxygens (including phenoxy) is 1. The Labute approximate surface area is 107 Å². The smallest absolute Gasteiger partial charge is 0.311 e.